The highest BCUT2D eigenvalue weighted by atomic mass is 16.1. The summed E-state index contributed by atoms with van der Waals surface area (Å²) < 4.78 is 0. The van der Waals surface area contributed by atoms with Crippen molar-refractivity contribution in [1.29, 1.82) is 5.26 Å². The minimum absolute atomic E-state index is 0.392. The molecule has 0 aliphatic carbocycles. The van der Waals surface area contributed by atoms with Crippen LogP contribution >= 0.6 is 0 Å². The number of anilines is 1. The molecule has 3 N–H and O–H groups in total. The smallest absolute Gasteiger partial charge is 0.239 e. The lowest BCUT2D eigenvalue weighted by atomic mass is 10.1. The summed E-state index contributed by atoms with van der Waals surface area (Å²) in [4.78, 5) is 10.8. The van der Waals surface area contributed by atoms with Crippen LogP contribution in [0.3, 0.4) is 0 Å². The van der Waals surface area contributed by atoms with E-state index in [4.69, 9.17) is 11.0 Å². The number of nitrogens with one attached hydrogen (secondary N) is 1. The van der Waals surface area contributed by atoms with E-state index in [1.807, 2.05) is 24.3 Å². The van der Waals surface area contributed by atoms with E-state index in [1.165, 1.54) is 0 Å². The zero-order valence-corrected chi connectivity index (χ0v) is 8.53. The summed E-state index contributed by atoms with van der Waals surface area (Å²) in [6, 6.07) is 9.02. The summed E-state index contributed by atoms with van der Waals surface area (Å²) in [5.74, 6) is -0.392. The van der Waals surface area contributed by atoms with Gasteiger partial charge in [0, 0.05) is 5.69 Å². The van der Waals surface area contributed by atoms with E-state index in [2.05, 4.69) is 11.4 Å². The standard InChI is InChI=1S/C11H13N3O/c1-8(11(13)15)14-10-4-2-9(3-5-10)6-7-12/h2-5,8,14H,6H2,1H3,(H2,13,15). The Morgan fingerprint density at radius 1 is 1.53 bits per heavy atom. The van der Waals surface area contributed by atoms with Crippen molar-refractivity contribution >= 4 is 11.6 Å². The van der Waals surface area contributed by atoms with Gasteiger partial charge in [0.15, 0.2) is 0 Å². The predicted molar refractivity (Wildman–Crippen MR) is 58.0 cm³/mol. The van der Waals surface area contributed by atoms with E-state index < -0.39 is 11.9 Å². The van der Waals surface area contributed by atoms with Gasteiger partial charge in [-0.25, -0.2) is 0 Å². The number of hydrogen-bond acceptors (Lipinski definition) is 3. The minimum atomic E-state index is -0.396. The highest BCUT2D eigenvalue weighted by molar-refractivity contribution is 5.82. The molecule has 0 heterocycles. The Kier molecular flexibility index (Phi) is 3.69. The largest absolute Gasteiger partial charge is 0.374 e. The second-order valence-corrected chi connectivity index (χ2v) is 3.30. The first kappa shape index (κ1) is 11.1. The number of nitrogens with two attached hydrogens (primary N) is 1. The van der Waals surface area contributed by atoms with Crippen molar-refractivity contribution < 1.29 is 4.79 Å². The zero-order chi connectivity index (χ0) is 11.3. The summed E-state index contributed by atoms with van der Waals surface area (Å²) in [5.41, 5.74) is 6.89. The lowest BCUT2D eigenvalue weighted by Crippen LogP contribution is -2.32. The van der Waals surface area contributed by atoms with Gasteiger partial charge in [-0.3, -0.25) is 4.79 Å². The summed E-state index contributed by atoms with van der Waals surface area (Å²) in [6.45, 7) is 1.70. The third kappa shape index (κ3) is 3.31. The Morgan fingerprint density at radius 3 is 2.60 bits per heavy atom. The van der Waals surface area contributed by atoms with Crippen molar-refractivity contribution in [1.82, 2.24) is 0 Å². The van der Waals surface area contributed by atoms with Crippen LogP contribution in [-0.2, 0) is 11.2 Å². The number of benzene rings is 1. The molecular weight excluding hydrogens is 190 g/mol. The SMILES string of the molecule is CC(Nc1ccc(CC#N)cc1)C(N)=O. The minimum Gasteiger partial charge on any atom is -0.374 e. The Hall–Kier alpha value is -2.02. The van der Waals surface area contributed by atoms with Gasteiger partial charge in [-0.05, 0) is 24.6 Å². The van der Waals surface area contributed by atoms with Gasteiger partial charge >= 0.3 is 0 Å². The molecule has 0 aromatic heterocycles. The molecule has 1 atom stereocenters. The molecule has 1 aromatic carbocycles. The highest BCUT2D eigenvalue weighted by Crippen LogP contribution is 2.10. The molecule has 4 nitrogen and oxygen atoms in total. The summed E-state index contributed by atoms with van der Waals surface area (Å²) in [6.07, 6.45) is 0.394. The number of carbonyl (C=O) groups excluding carboxylic acids is 1. The van der Waals surface area contributed by atoms with Crippen molar-refractivity contribution in [2.75, 3.05) is 5.32 Å². The van der Waals surface area contributed by atoms with Crippen LogP contribution in [0.5, 0.6) is 0 Å². The van der Waals surface area contributed by atoms with Crippen molar-refractivity contribution in [3.63, 3.8) is 0 Å². The second kappa shape index (κ2) is 5.01. The third-order valence-corrected chi connectivity index (χ3v) is 2.05. The number of primary amides is 1. The van der Waals surface area contributed by atoms with E-state index >= 15 is 0 Å². The molecule has 15 heavy (non-hydrogen) atoms. The van der Waals surface area contributed by atoms with Crippen molar-refractivity contribution in [3.8, 4) is 6.07 Å². The Labute approximate surface area is 88.7 Å². The maximum absolute atomic E-state index is 10.8. The number of rotatable bonds is 4. The van der Waals surface area contributed by atoms with E-state index in [1.54, 1.807) is 6.92 Å². The fourth-order valence-electron chi connectivity index (χ4n) is 1.13. The topological polar surface area (TPSA) is 78.9 Å². The van der Waals surface area contributed by atoms with Crippen molar-refractivity contribution in [3.05, 3.63) is 29.8 Å². The van der Waals surface area contributed by atoms with Gasteiger partial charge in [-0.15, -0.1) is 0 Å². The summed E-state index contributed by atoms with van der Waals surface area (Å²) >= 11 is 0. The average Bonchev–Trinajstić information content (AvgIpc) is 2.21. The first-order valence-electron chi connectivity index (χ1n) is 4.65. The van der Waals surface area contributed by atoms with Gasteiger partial charge in [0.25, 0.3) is 0 Å². The highest BCUT2D eigenvalue weighted by Gasteiger charge is 2.07. The number of hydrogen-bond donors (Lipinski definition) is 2. The van der Waals surface area contributed by atoms with E-state index in [0.29, 0.717) is 6.42 Å². The summed E-state index contributed by atoms with van der Waals surface area (Å²) in [7, 11) is 0. The van der Waals surface area contributed by atoms with Gasteiger partial charge in [0.1, 0.15) is 6.04 Å². The molecule has 0 saturated carbocycles. The Bertz CT molecular complexity index is 378. The zero-order valence-electron chi connectivity index (χ0n) is 8.53. The second-order valence-electron chi connectivity index (χ2n) is 3.30. The molecule has 0 bridgehead atoms. The van der Waals surface area contributed by atoms with Gasteiger partial charge in [0.2, 0.25) is 5.91 Å². The summed E-state index contributed by atoms with van der Waals surface area (Å²) in [5, 5.41) is 11.4. The van der Waals surface area contributed by atoms with E-state index in [0.717, 1.165) is 11.3 Å². The number of carbonyl (C=O) groups is 1. The van der Waals surface area contributed by atoms with E-state index in [9.17, 15) is 4.79 Å². The van der Waals surface area contributed by atoms with Crippen LogP contribution in [0.4, 0.5) is 5.69 Å². The molecule has 0 spiro atoms. The van der Waals surface area contributed by atoms with Crippen LogP contribution in [0.2, 0.25) is 0 Å². The Morgan fingerprint density at radius 2 is 2.13 bits per heavy atom. The van der Waals surface area contributed by atoms with Crippen molar-refractivity contribution in [2.24, 2.45) is 5.73 Å². The van der Waals surface area contributed by atoms with Gasteiger partial charge in [0.05, 0.1) is 12.5 Å². The first-order valence-corrected chi connectivity index (χ1v) is 4.65. The monoisotopic (exact) mass is 203 g/mol. The molecule has 0 aliphatic rings. The van der Waals surface area contributed by atoms with Crippen LogP contribution in [0.25, 0.3) is 0 Å². The van der Waals surface area contributed by atoms with Crippen molar-refractivity contribution in [2.45, 2.75) is 19.4 Å². The van der Waals surface area contributed by atoms with E-state index in [-0.39, 0.29) is 0 Å². The molecule has 0 aliphatic heterocycles. The van der Waals surface area contributed by atoms with Gasteiger partial charge in [-0.2, -0.15) is 5.26 Å². The molecule has 0 radical (unpaired) electrons. The van der Waals surface area contributed by atoms with Crippen LogP contribution < -0.4 is 11.1 Å². The predicted octanol–water partition coefficient (Wildman–Crippen LogP) is 1.04. The molecule has 0 fully saturated rings. The van der Waals surface area contributed by atoms with Crippen LogP contribution in [-0.4, -0.2) is 11.9 Å². The maximum Gasteiger partial charge on any atom is 0.239 e. The van der Waals surface area contributed by atoms with Crippen LogP contribution in [0.15, 0.2) is 24.3 Å². The van der Waals surface area contributed by atoms with Crippen LogP contribution in [0, 0.1) is 11.3 Å². The molecule has 0 saturated heterocycles. The van der Waals surface area contributed by atoms with Gasteiger partial charge < -0.3 is 11.1 Å². The molecule has 1 amide bonds. The van der Waals surface area contributed by atoms with Gasteiger partial charge in [-0.1, -0.05) is 12.1 Å². The average molecular weight is 203 g/mol. The fourth-order valence-corrected chi connectivity index (χ4v) is 1.13. The maximum atomic E-state index is 10.8. The molecule has 1 aromatic rings. The van der Waals surface area contributed by atoms with Crippen LogP contribution in [0.1, 0.15) is 12.5 Å². The lowest BCUT2D eigenvalue weighted by molar-refractivity contribution is -0.118. The molecule has 78 valence electrons. The quantitative estimate of drug-likeness (QED) is 0.767. The molecule has 4 heteroatoms. The Balaban J connectivity index is 2.65. The fraction of sp³-hybridized carbons (Fsp3) is 0.273. The first-order chi connectivity index (χ1) is 7.13. The number of amides is 1. The third-order valence-electron chi connectivity index (χ3n) is 2.05. The molecule has 1 rings (SSSR count). The normalized spacial score (nSPS) is 11.5. The molecular formula is C11H13N3O. The number of nitrogens with zero attached hydrogens (tertiary/aromatic N) is 1. The number of nitriles is 1. The molecule has 1 unspecified atom stereocenters. The lowest BCUT2D eigenvalue weighted by Gasteiger charge is -2.11.